The Labute approximate surface area is 179 Å². The van der Waals surface area contributed by atoms with Crippen molar-refractivity contribution in [2.75, 3.05) is 0 Å². The lowest BCUT2D eigenvalue weighted by molar-refractivity contribution is -0.141. The molecule has 32 heavy (non-hydrogen) atoms. The standard InChI is InChI=1S/C8H16N2O6.2C4H4O4/c9-3(1-5(11)12)7(15)8(16)4(10)2-6(13)14;2*5-3(6)1-2-4(7)8/h3-4,7-8,15-16H,1-2,9-10H2,(H,11,12)(H,13,14);2*1-2H,(H,5,6)(H,7,8)/b;2*2-1-. The number of aliphatic hydroxyl groups excluding tert-OH is 2. The molecule has 0 radical (unpaired) electrons. The molecule has 0 amide bonds. The zero-order chi connectivity index (χ0) is 26.0. The van der Waals surface area contributed by atoms with E-state index in [1.807, 2.05) is 0 Å². The molecule has 16 nitrogen and oxygen atoms in total. The first-order valence-corrected chi connectivity index (χ1v) is 8.09. The van der Waals surface area contributed by atoms with Crippen LogP contribution in [0.3, 0.4) is 0 Å². The Bertz CT molecular complexity index is 626. The molecule has 0 aliphatic rings. The SMILES string of the molecule is NC(CC(=O)O)C(O)C(O)C(N)CC(=O)O.O=C(O)/C=C\C(=O)O.O=C(O)/C=C\C(=O)O. The van der Waals surface area contributed by atoms with Crippen LogP contribution in [0.5, 0.6) is 0 Å². The maximum atomic E-state index is 10.3. The first-order chi connectivity index (χ1) is 14.5. The molecule has 0 aromatic heterocycles. The van der Waals surface area contributed by atoms with Crippen molar-refractivity contribution in [2.24, 2.45) is 11.5 Å². The topological polar surface area (TPSA) is 316 Å². The predicted molar refractivity (Wildman–Crippen MR) is 101 cm³/mol. The van der Waals surface area contributed by atoms with E-state index in [9.17, 15) is 39.0 Å². The molecule has 0 rings (SSSR count). The fourth-order valence-corrected chi connectivity index (χ4v) is 1.44. The van der Waals surface area contributed by atoms with Crippen LogP contribution in [0.2, 0.25) is 0 Å². The highest BCUT2D eigenvalue weighted by Crippen LogP contribution is 2.07. The first-order valence-electron chi connectivity index (χ1n) is 8.09. The van der Waals surface area contributed by atoms with E-state index in [2.05, 4.69) is 0 Å². The van der Waals surface area contributed by atoms with E-state index in [1.54, 1.807) is 0 Å². The highest BCUT2D eigenvalue weighted by Gasteiger charge is 2.30. The van der Waals surface area contributed by atoms with E-state index in [4.69, 9.17) is 42.1 Å². The van der Waals surface area contributed by atoms with Gasteiger partial charge >= 0.3 is 35.8 Å². The van der Waals surface area contributed by atoms with Gasteiger partial charge in [-0.3, -0.25) is 9.59 Å². The molecule has 16 heteroatoms. The molecule has 0 saturated heterocycles. The lowest BCUT2D eigenvalue weighted by atomic mass is 9.96. The molecule has 4 unspecified atom stereocenters. The molecule has 0 aliphatic carbocycles. The minimum Gasteiger partial charge on any atom is -0.481 e. The zero-order valence-electron chi connectivity index (χ0n) is 16.2. The fraction of sp³-hybridized carbons (Fsp3) is 0.375. The van der Waals surface area contributed by atoms with Gasteiger partial charge in [0.15, 0.2) is 0 Å². The van der Waals surface area contributed by atoms with Gasteiger partial charge in [0, 0.05) is 36.4 Å². The lowest BCUT2D eigenvalue weighted by Gasteiger charge is -2.26. The van der Waals surface area contributed by atoms with Crippen LogP contribution in [0.4, 0.5) is 0 Å². The van der Waals surface area contributed by atoms with Crippen molar-refractivity contribution in [1.82, 2.24) is 0 Å². The van der Waals surface area contributed by atoms with Crippen LogP contribution in [0.15, 0.2) is 24.3 Å². The number of carboxylic acids is 6. The Balaban J connectivity index is -0.000000441. The van der Waals surface area contributed by atoms with Crippen LogP contribution in [-0.2, 0) is 28.8 Å². The van der Waals surface area contributed by atoms with Crippen LogP contribution in [0.1, 0.15) is 12.8 Å². The van der Waals surface area contributed by atoms with Crippen molar-refractivity contribution >= 4 is 35.8 Å². The van der Waals surface area contributed by atoms with E-state index >= 15 is 0 Å². The molecule has 0 fully saturated rings. The molecule has 0 saturated carbocycles. The number of rotatable bonds is 11. The van der Waals surface area contributed by atoms with E-state index in [0.29, 0.717) is 24.3 Å². The van der Waals surface area contributed by atoms with Crippen LogP contribution < -0.4 is 11.5 Å². The Kier molecular flexibility index (Phi) is 18.4. The number of hydrogen-bond donors (Lipinski definition) is 10. The quantitative estimate of drug-likeness (QED) is 0.133. The highest BCUT2D eigenvalue weighted by atomic mass is 16.4. The molecule has 12 N–H and O–H groups in total. The summed E-state index contributed by atoms with van der Waals surface area (Å²) in [6.07, 6.45) is -2.01. The molecule has 0 heterocycles. The molecule has 4 atom stereocenters. The minimum atomic E-state index is -1.58. The van der Waals surface area contributed by atoms with Crippen molar-refractivity contribution in [3.63, 3.8) is 0 Å². The summed E-state index contributed by atoms with van der Waals surface area (Å²) in [5.74, 6) is -7.49. The third-order valence-electron chi connectivity index (χ3n) is 2.78. The van der Waals surface area contributed by atoms with Crippen molar-refractivity contribution < 1.29 is 69.6 Å². The molecule has 0 spiro atoms. The Hall–Kier alpha value is -3.86. The number of carboxylic acid groups (broad SMARTS) is 6. The zero-order valence-corrected chi connectivity index (χ0v) is 16.2. The van der Waals surface area contributed by atoms with Gasteiger partial charge in [-0.25, -0.2) is 19.2 Å². The summed E-state index contributed by atoms with van der Waals surface area (Å²) < 4.78 is 0. The number of aliphatic carboxylic acids is 6. The summed E-state index contributed by atoms with van der Waals surface area (Å²) >= 11 is 0. The summed E-state index contributed by atoms with van der Waals surface area (Å²) in [7, 11) is 0. The maximum absolute atomic E-state index is 10.3. The number of carbonyl (C=O) groups is 6. The summed E-state index contributed by atoms with van der Waals surface area (Å²) in [6.45, 7) is 0. The van der Waals surface area contributed by atoms with E-state index in [1.165, 1.54) is 0 Å². The normalized spacial score (nSPS) is 14.0. The fourth-order valence-electron chi connectivity index (χ4n) is 1.44. The number of hydrogen-bond acceptors (Lipinski definition) is 10. The third kappa shape index (κ3) is 24.2. The van der Waals surface area contributed by atoms with Gasteiger partial charge in [-0.05, 0) is 0 Å². The summed E-state index contributed by atoms with van der Waals surface area (Å²) in [5.41, 5.74) is 10.6. The molecular formula is C16H24N2O14. The van der Waals surface area contributed by atoms with Gasteiger partial charge in [0.25, 0.3) is 0 Å². The smallest absolute Gasteiger partial charge is 0.328 e. The average Bonchev–Trinajstić information content (AvgIpc) is 2.63. The second kappa shape index (κ2) is 18.0. The average molecular weight is 468 g/mol. The summed E-state index contributed by atoms with van der Waals surface area (Å²) in [4.78, 5) is 58.8. The minimum absolute atomic E-state index is 0.544. The molecule has 182 valence electrons. The van der Waals surface area contributed by atoms with Gasteiger partial charge in [0.1, 0.15) is 0 Å². The van der Waals surface area contributed by atoms with Crippen molar-refractivity contribution in [2.45, 2.75) is 37.1 Å². The molecular weight excluding hydrogens is 444 g/mol. The van der Waals surface area contributed by atoms with Crippen LogP contribution in [-0.4, -0.2) is 101 Å². The first kappa shape index (κ1) is 32.8. The monoisotopic (exact) mass is 468 g/mol. The summed E-state index contributed by atoms with van der Waals surface area (Å²) in [5, 5.41) is 66.9. The van der Waals surface area contributed by atoms with Crippen LogP contribution in [0.25, 0.3) is 0 Å². The molecule has 0 bridgehead atoms. The van der Waals surface area contributed by atoms with Crippen molar-refractivity contribution in [3.8, 4) is 0 Å². The predicted octanol–water partition coefficient (Wildman–Crippen LogP) is -3.26. The van der Waals surface area contributed by atoms with Crippen LogP contribution >= 0.6 is 0 Å². The number of aliphatic hydroxyl groups is 2. The Morgan fingerprint density at radius 1 is 0.531 bits per heavy atom. The van der Waals surface area contributed by atoms with Crippen molar-refractivity contribution in [3.05, 3.63) is 24.3 Å². The largest absolute Gasteiger partial charge is 0.481 e. The molecule has 0 aromatic carbocycles. The van der Waals surface area contributed by atoms with Gasteiger partial charge in [0.05, 0.1) is 25.0 Å². The van der Waals surface area contributed by atoms with Gasteiger partial charge in [-0.15, -0.1) is 0 Å². The second-order valence-electron chi connectivity index (χ2n) is 5.52. The highest BCUT2D eigenvalue weighted by molar-refractivity contribution is 5.90. The molecule has 0 aromatic rings. The van der Waals surface area contributed by atoms with Crippen molar-refractivity contribution in [1.29, 1.82) is 0 Å². The number of nitrogens with two attached hydrogens (primary N) is 2. The lowest BCUT2D eigenvalue weighted by Crippen LogP contribution is -2.52. The van der Waals surface area contributed by atoms with Crippen LogP contribution in [0, 0.1) is 0 Å². The van der Waals surface area contributed by atoms with E-state index < -0.39 is 72.9 Å². The maximum Gasteiger partial charge on any atom is 0.328 e. The Morgan fingerprint density at radius 2 is 0.719 bits per heavy atom. The Morgan fingerprint density at radius 3 is 0.844 bits per heavy atom. The van der Waals surface area contributed by atoms with Gasteiger partial charge in [-0.1, -0.05) is 0 Å². The van der Waals surface area contributed by atoms with E-state index in [0.717, 1.165) is 0 Å². The van der Waals surface area contributed by atoms with E-state index in [-0.39, 0.29) is 0 Å². The molecule has 0 aliphatic heterocycles. The van der Waals surface area contributed by atoms with Gasteiger partial charge in [-0.2, -0.15) is 0 Å². The second-order valence-corrected chi connectivity index (χ2v) is 5.52. The van der Waals surface area contributed by atoms with Gasteiger partial charge in [0.2, 0.25) is 0 Å². The summed E-state index contributed by atoms with van der Waals surface area (Å²) in [6, 6.07) is -2.40. The van der Waals surface area contributed by atoms with Gasteiger partial charge < -0.3 is 52.3 Å². The third-order valence-corrected chi connectivity index (χ3v) is 2.78.